The maximum absolute atomic E-state index is 7.04. The summed E-state index contributed by atoms with van der Waals surface area (Å²) in [5.74, 6) is 0. The molecule has 0 aromatic heterocycles. The minimum Gasteiger partial charge on any atom is -0.420 e. The highest BCUT2D eigenvalue weighted by Crippen LogP contribution is 2.45. The van der Waals surface area contributed by atoms with Crippen LogP contribution in [0.5, 0.6) is 0 Å². The van der Waals surface area contributed by atoms with Crippen LogP contribution < -0.4 is 0 Å². The predicted molar refractivity (Wildman–Crippen MR) is 137 cm³/mol. The standard InChI is InChI=1S/C17H48O5Si6/c1-18-26(12,13)16-17(27(14,15)19-2)28(20-23(3,4)5,21-24(6,7)8)22-25(9,10)11/h17H,16H2,1-15H3. The lowest BCUT2D eigenvalue weighted by Gasteiger charge is -2.50. The largest absolute Gasteiger partial charge is 0.472 e. The predicted octanol–water partition coefficient (Wildman–Crippen LogP) is 6.09. The Hall–Kier alpha value is 1.10. The first-order chi connectivity index (χ1) is 12.1. The van der Waals surface area contributed by atoms with Crippen molar-refractivity contribution in [2.24, 2.45) is 0 Å². The lowest BCUT2D eigenvalue weighted by atomic mass is 10.9. The lowest BCUT2D eigenvalue weighted by molar-refractivity contribution is 0.240. The molecule has 5 nitrogen and oxygen atoms in total. The molecule has 0 fully saturated rings. The van der Waals surface area contributed by atoms with Crippen LogP contribution in [0.2, 0.25) is 96.3 Å². The number of rotatable bonds is 12. The molecule has 0 aliphatic heterocycles. The monoisotopic (exact) mass is 500 g/mol. The smallest absolute Gasteiger partial charge is 0.420 e. The van der Waals surface area contributed by atoms with Gasteiger partial charge in [-0.05, 0) is 91.2 Å². The zero-order chi connectivity index (χ0) is 22.8. The normalized spacial score (nSPS) is 16.4. The summed E-state index contributed by atoms with van der Waals surface area (Å²) < 4.78 is 33.3. The van der Waals surface area contributed by atoms with Gasteiger partial charge in [-0.2, -0.15) is 0 Å². The van der Waals surface area contributed by atoms with Crippen molar-refractivity contribution < 1.29 is 21.2 Å². The van der Waals surface area contributed by atoms with Crippen molar-refractivity contribution in [2.45, 2.75) is 96.3 Å². The van der Waals surface area contributed by atoms with E-state index in [-0.39, 0.29) is 5.16 Å². The second kappa shape index (κ2) is 9.71. The summed E-state index contributed by atoms with van der Waals surface area (Å²) in [5, 5.41) is 0.164. The topological polar surface area (TPSA) is 46.2 Å². The molecule has 0 aliphatic carbocycles. The van der Waals surface area contributed by atoms with Crippen LogP contribution in [-0.2, 0) is 21.2 Å². The van der Waals surface area contributed by atoms with E-state index in [1.807, 2.05) is 14.2 Å². The Morgan fingerprint density at radius 3 is 1.07 bits per heavy atom. The zero-order valence-corrected chi connectivity index (χ0v) is 27.3. The quantitative estimate of drug-likeness (QED) is 0.303. The molecule has 1 atom stereocenters. The highest BCUT2D eigenvalue weighted by molar-refractivity contribution is 6.99. The summed E-state index contributed by atoms with van der Waals surface area (Å²) in [5.41, 5.74) is 0. The molecular formula is C17H48O5Si6. The van der Waals surface area contributed by atoms with Gasteiger partial charge in [-0.25, -0.2) is 0 Å². The third-order valence-corrected chi connectivity index (χ3v) is 25.6. The Morgan fingerprint density at radius 1 is 0.536 bits per heavy atom. The Kier molecular flexibility index (Phi) is 10.1. The minimum absolute atomic E-state index is 0.164. The van der Waals surface area contributed by atoms with Gasteiger partial charge in [0.15, 0.2) is 41.6 Å². The first-order valence-corrected chi connectivity index (χ1v) is 28.4. The maximum Gasteiger partial charge on any atom is 0.472 e. The van der Waals surface area contributed by atoms with Crippen LogP contribution in [0.15, 0.2) is 0 Å². The third-order valence-electron chi connectivity index (χ3n) is 4.39. The molecule has 0 bridgehead atoms. The van der Waals surface area contributed by atoms with E-state index in [0.717, 1.165) is 6.04 Å². The van der Waals surface area contributed by atoms with Gasteiger partial charge in [0.1, 0.15) is 0 Å². The molecule has 0 heterocycles. The summed E-state index contributed by atoms with van der Waals surface area (Å²) in [6, 6.07) is 0.947. The van der Waals surface area contributed by atoms with Crippen LogP contribution in [0.3, 0.4) is 0 Å². The Balaban J connectivity index is 6.77. The summed E-state index contributed by atoms with van der Waals surface area (Å²) >= 11 is 0. The average Bonchev–Trinajstić information content (AvgIpc) is 2.38. The molecule has 1 unspecified atom stereocenters. The van der Waals surface area contributed by atoms with Gasteiger partial charge in [0.2, 0.25) is 0 Å². The van der Waals surface area contributed by atoms with E-state index in [1.54, 1.807) is 0 Å². The Bertz CT molecular complexity index is 453. The molecule has 0 amide bonds. The van der Waals surface area contributed by atoms with E-state index < -0.39 is 50.4 Å². The summed E-state index contributed by atoms with van der Waals surface area (Å²) in [4.78, 5) is 0. The van der Waals surface area contributed by atoms with Crippen LogP contribution in [0, 0.1) is 0 Å². The van der Waals surface area contributed by atoms with Gasteiger partial charge in [-0.15, -0.1) is 0 Å². The molecule has 0 spiro atoms. The van der Waals surface area contributed by atoms with Gasteiger partial charge < -0.3 is 21.2 Å². The molecular weight excluding hydrogens is 453 g/mol. The van der Waals surface area contributed by atoms with Crippen molar-refractivity contribution in [3.63, 3.8) is 0 Å². The summed E-state index contributed by atoms with van der Waals surface area (Å²) in [6.07, 6.45) is 0. The molecule has 170 valence electrons. The van der Waals surface area contributed by atoms with Gasteiger partial charge in [-0.3, -0.25) is 0 Å². The zero-order valence-electron chi connectivity index (χ0n) is 21.3. The molecule has 0 radical (unpaired) electrons. The van der Waals surface area contributed by atoms with E-state index in [4.69, 9.17) is 21.2 Å². The van der Waals surface area contributed by atoms with Gasteiger partial charge in [0.05, 0.1) is 0 Å². The fourth-order valence-electron chi connectivity index (χ4n) is 3.07. The van der Waals surface area contributed by atoms with Gasteiger partial charge >= 0.3 is 8.80 Å². The van der Waals surface area contributed by atoms with Crippen LogP contribution in [-0.4, -0.2) is 64.6 Å². The highest BCUT2D eigenvalue weighted by Gasteiger charge is 2.62. The van der Waals surface area contributed by atoms with Crippen LogP contribution in [0.4, 0.5) is 0 Å². The van der Waals surface area contributed by atoms with Gasteiger partial charge in [0, 0.05) is 19.4 Å². The van der Waals surface area contributed by atoms with E-state index in [1.165, 1.54) is 0 Å². The van der Waals surface area contributed by atoms with Gasteiger partial charge in [-0.1, -0.05) is 0 Å². The molecule has 0 N–H and O–H groups in total. The van der Waals surface area contributed by atoms with E-state index in [9.17, 15) is 0 Å². The highest BCUT2D eigenvalue weighted by atomic mass is 28.5. The SMILES string of the molecule is CO[Si](C)(C)CC([Si](C)(C)OC)[Si](O[Si](C)(C)C)(O[Si](C)(C)C)O[Si](C)(C)C. The maximum atomic E-state index is 7.04. The van der Waals surface area contributed by atoms with E-state index in [0.29, 0.717) is 0 Å². The van der Waals surface area contributed by atoms with Crippen molar-refractivity contribution in [3.05, 3.63) is 0 Å². The average molecular weight is 501 g/mol. The third kappa shape index (κ3) is 10.4. The van der Waals surface area contributed by atoms with Crippen LogP contribution >= 0.6 is 0 Å². The number of hydrogen-bond acceptors (Lipinski definition) is 5. The van der Waals surface area contributed by atoms with E-state index >= 15 is 0 Å². The molecule has 0 saturated carbocycles. The first kappa shape index (κ1) is 29.1. The Labute approximate surface area is 181 Å². The van der Waals surface area contributed by atoms with Crippen molar-refractivity contribution in [1.29, 1.82) is 0 Å². The fourth-order valence-corrected chi connectivity index (χ4v) is 29.3. The fraction of sp³-hybridized carbons (Fsp3) is 1.00. The molecule has 28 heavy (non-hydrogen) atoms. The van der Waals surface area contributed by atoms with Gasteiger partial charge in [0.25, 0.3) is 0 Å². The molecule has 0 saturated heterocycles. The first-order valence-electron chi connectivity index (χ1n) is 10.3. The second-order valence-corrected chi connectivity index (χ2v) is 38.0. The van der Waals surface area contributed by atoms with Crippen LogP contribution in [0.25, 0.3) is 0 Å². The second-order valence-electron chi connectivity index (χ2n) is 11.8. The number of hydrogen-bond donors (Lipinski definition) is 0. The van der Waals surface area contributed by atoms with Crippen molar-refractivity contribution in [1.82, 2.24) is 0 Å². The molecule has 0 aliphatic rings. The summed E-state index contributed by atoms with van der Waals surface area (Å²) in [7, 11) is -9.22. The van der Waals surface area contributed by atoms with Crippen LogP contribution in [0.1, 0.15) is 0 Å². The van der Waals surface area contributed by atoms with Crippen molar-refractivity contribution in [3.8, 4) is 0 Å². The Morgan fingerprint density at radius 2 is 0.857 bits per heavy atom. The van der Waals surface area contributed by atoms with Crippen molar-refractivity contribution in [2.75, 3.05) is 14.2 Å². The molecule has 0 aromatic rings. The molecule has 11 heteroatoms. The van der Waals surface area contributed by atoms with Crippen molar-refractivity contribution >= 4 is 50.4 Å². The van der Waals surface area contributed by atoms with E-state index in [2.05, 4.69) is 85.1 Å². The lowest BCUT2D eigenvalue weighted by Crippen LogP contribution is -2.68. The molecule has 0 rings (SSSR count). The summed E-state index contributed by atoms with van der Waals surface area (Å²) in [6.45, 7) is 29.3. The minimum atomic E-state index is -3.04. The molecule has 0 aromatic carbocycles.